The maximum absolute atomic E-state index is 11.9. The Bertz CT molecular complexity index is 1090. The summed E-state index contributed by atoms with van der Waals surface area (Å²) in [6, 6.07) is 8.26. The largest absolute Gasteiger partial charge is 0.503 e. The molecule has 2 aromatic heterocycles. The molecule has 0 atom stereocenters. The molecule has 0 spiro atoms. The highest BCUT2D eigenvalue weighted by Crippen LogP contribution is 2.45. The van der Waals surface area contributed by atoms with E-state index < -0.39 is 22.7 Å². The lowest BCUT2D eigenvalue weighted by Crippen LogP contribution is -2.29. The van der Waals surface area contributed by atoms with E-state index in [0.29, 0.717) is 6.54 Å². The van der Waals surface area contributed by atoms with E-state index in [4.69, 9.17) is 0 Å². The summed E-state index contributed by atoms with van der Waals surface area (Å²) < 4.78 is 3.78. The van der Waals surface area contributed by atoms with Gasteiger partial charge in [0.2, 0.25) is 5.43 Å². The number of pyridine rings is 1. The van der Waals surface area contributed by atoms with Crippen LogP contribution in [-0.4, -0.2) is 25.3 Å². The van der Waals surface area contributed by atoms with Gasteiger partial charge in [-0.1, -0.05) is 31.0 Å². The van der Waals surface area contributed by atoms with Crippen LogP contribution in [0.25, 0.3) is 10.9 Å². The van der Waals surface area contributed by atoms with E-state index in [-0.39, 0.29) is 5.41 Å². The summed E-state index contributed by atoms with van der Waals surface area (Å²) in [5, 5.41) is 20.4. The average Bonchev–Trinajstić information content (AvgIpc) is 3.24. The number of hydrogen-bond acceptors (Lipinski definition) is 3. The first-order valence-electron chi connectivity index (χ1n) is 9.12. The number of nitrogens with zero attached hydrogens (tertiary/aromatic N) is 2. The van der Waals surface area contributed by atoms with Crippen molar-refractivity contribution in [3.05, 3.63) is 64.2 Å². The summed E-state index contributed by atoms with van der Waals surface area (Å²) in [7, 11) is 2.03. The second-order valence-corrected chi connectivity index (χ2v) is 7.52. The van der Waals surface area contributed by atoms with Crippen molar-refractivity contribution in [2.75, 3.05) is 0 Å². The number of aromatic nitrogens is 2. The highest BCUT2D eigenvalue weighted by Gasteiger charge is 2.38. The number of para-hydroxylation sites is 1. The predicted molar refractivity (Wildman–Crippen MR) is 102 cm³/mol. The Hall–Kier alpha value is -3.02. The molecule has 2 heterocycles. The van der Waals surface area contributed by atoms with Crippen LogP contribution in [0.2, 0.25) is 0 Å². The molecule has 4 rings (SSSR count). The number of benzene rings is 1. The predicted octanol–water partition coefficient (Wildman–Crippen LogP) is 3.26. The number of carboxylic acid groups (broad SMARTS) is 1. The second-order valence-electron chi connectivity index (χ2n) is 7.52. The first-order chi connectivity index (χ1) is 12.9. The molecule has 1 aliphatic carbocycles. The minimum Gasteiger partial charge on any atom is -0.503 e. The van der Waals surface area contributed by atoms with Gasteiger partial charge >= 0.3 is 5.97 Å². The standard InChI is InChI=1S/C21H22N2O4/c1-22-11-16(14-6-2-3-7-17(14)22)21(8-4-5-9-21)13-23-10-15(20(26)27)19(25)18(24)12-23/h2-3,6-7,10-12,24H,4-5,8-9,13H2,1H3,(H,26,27). The summed E-state index contributed by atoms with van der Waals surface area (Å²) in [6.07, 6.45) is 9.01. The van der Waals surface area contributed by atoms with Gasteiger partial charge in [0.05, 0.1) is 0 Å². The number of carbonyl (C=O) groups is 1. The lowest BCUT2D eigenvalue weighted by atomic mass is 9.78. The van der Waals surface area contributed by atoms with Gasteiger partial charge in [0.15, 0.2) is 5.75 Å². The van der Waals surface area contributed by atoms with E-state index in [2.05, 4.69) is 22.9 Å². The fraction of sp³-hybridized carbons (Fsp3) is 0.333. The number of fused-ring (bicyclic) bond motifs is 1. The number of aromatic hydroxyl groups is 1. The van der Waals surface area contributed by atoms with Crippen LogP contribution in [0, 0.1) is 0 Å². The molecule has 3 aromatic rings. The van der Waals surface area contributed by atoms with Gasteiger partial charge in [0.25, 0.3) is 0 Å². The Kier molecular flexibility index (Phi) is 4.06. The molecule has 0 aliphatic heterocycles. The molecule has 2 N–H and O–H groups in total. The van der Waals surface area contributed by atoms with Gasteiger partial charge in [-0.25, -0.2) is 4.79 Å². The minimum atomic E-state index is -1.32. The summed E-state index contributed by atoms with van der Waals surface area (Å²) >= 11 is 0. The van der Waals surface area contributed by atoms with E-state index in [9.17, 15) is 19.8 Å². The van der Waals surface area contributed by atoms with Crippen LogP contribution in [0.1, 0.15) is 41.6 Å². The molecule has 0 radical (unpaired) electrons. The molecular formula is C21H22N2O4. The monoisotopic (exact) mass is 366 g/mol. The van der Waals surface area contributed by atoms with Crippen LogP contribution in [-0.2, 0) is 19.0 Å². The van der Waals surface area contributed by atoms with Crippen molar-refractivity contribution in [1.29, 1.82) is 0 Å². The Morgan fingerprint density at radius 2 is 1.85 bits per heavy atom. The van der Waals surface area contributed by atoms with E-state index in [1.807, 2.05) is 19.2 Å². The first kappa shape index (κ1) is 17.4. The topological polar surface area (TPSA) is 84.5 Å². The third kappa shape index (κ3) is 2.81. The van der Waals surface area contributed by atoms with Crippen LogP contribution in [0.4, 0.5) is 0 Å². The fourth-order valence-electron chi connectivity index (χ4n) is 4.54. The van der Waals surface area contributed by atoms with E-state index in [1.54, 1.807) is 4.57 Å². The minimum absolute atomic E-state index is 0.155. The molecule has 0 bridgehead atoms. The van der Waals surface area contributed by atoms with Crippen molar-refractivity contribution in [1.82, 2.24) is 9.13 Å². The van der Waals surface area contributed by atoms with E-state index in [1.165, 1.54) is 23.3 Å². The normalized spacial score (nSPS) is 16.0. The SMILES string of the molecule is Cn1cc(C2(Cn3cc(O)c(=O)c(C(=O)O)c3)CCCC2)c2ccccc21. The second kappa shape index (κ2) is 6.30. The number of aromatic carboxylic acids is 1. The summed E-state index contributed by atoms with van der Waals surface area (Å²) in [6.45, 7) is 0.523. The summed E-state index contributed by atoms with van der Waals surface area (Å²) in [4.78, 5) is 23.2. The Morgan fingerprint density at radius 3 is 2.56 bits per heavy atom. The maximum Gasteiger partial charge on any atom is 0.341 e. The zero-order chi connectivity index (χ0) is 19.2. The van der Waals surface area contributed by atoms with E-state index in [0.717, 1.165) is 31.2 Å². The molecule has 6 heteroatoms. The molecule has 140 valence electrons. The van der Waals surface area contributed by atoms with Crippen molar-refractivity contribution in [3.8, 4) is 5.75 Å². The van der Waals surface area contributed by atoms with Gasteiger partial charge in [-0.05, 0) is 24.5 Å². The van der Waals surface area contributed by atoms with Gasteiger partial charge in [-0.2, -0.15) is 0 Å². The average molecular weight is 366 g/mol. The van der Waals surface area contributed by atoms with Crippen molar-refractivity contribution >= 4 is 16.9 Å². The third-order valence-corrected chi connectivity index (χ3v) is 5.80. The molecular weight excluding hydrogens is 344 g/mol. The van der Waals surface area contributed by atoms with Crippen LogP contribution >= 0.6 is 0 Å². The maximum atomic E-state index is 11.9. The molecule has 0 saturated heterocycles. The van der Waals surface area contributed by atoms with Gasteiger partial charge < -0.3 is 19.3 Å². The van der Waals surface area contributed by atoms with Crippen molar-refractivity contribution < 1.29 is 15.0 Å². The fourth-order valence-corrected chi connectivity index (χ4v) is 4.54. The number of hydrogen-bond donors (Lipinski definition) is 2. The van der Waals surface area contributed by atoms with Crippen LogP contribution < -0.4 is 5.43 Å². The molecule has 1 fully saturated rings. The summed E-state index contributed by atoms with van der Waals surface area (Å²) in [5.41, 5.74) is 1.00. The Labute approximate surface area is 156 Å². The molecule has 6 nitrogen and oxygen atoms in total. The highest BCUT2D eigenvalue weighted by atomic mass is 16.4. The van der Waals surface area contributed by atoms with Crippen molar-refractivity contribution in [2.45, 2.75) is 37.6 Å². The lowest BCUT2D eigenvalue weighted by molar-refractivity contribution is 0.0693. The van der Waals surface area contributed by atoms with Crippen LogP contribution in [0.3, 0.4) is 0 Å². The Balaban J connectivity index is 1.84. The van der Waals surface area contributed by atoms with Crippen LogP contribution in [0.15, 0.2) is 47.7 Å². The molecule has 1 saturated carbocycles. The van der Waals surface area contributed by atoms with Gasteiger partial charge in [0.1, 0.15) is 5.56 Å². The third-order valence-electron chi connectivity index (χ3n) is 5.80. The van der Waals surface area contributed by atoms with Gasteiger partial charge in [-0.3, -0.25) is 4.79 Å². The summed E-state index contributed by atoms with van der Waals surface area (Å²) in [5.74, 6) is -1.85. The Morgan fingerprint density at radius 1 is 1.15 bits per heavy atom. The first-order valence-corrected chi connectivity index (χ1v) is 9.12. The smallest absolute Gasteiger partial charge is 0.341 e. The molecule has 0 amide bonds. The van der Waals surface area contributed by atoms with Crippen molar-refractivity contribution in [3.63, 3.8) is 0 Å². The molecule has 27 heavy (non-hydrogen) atoms. The number of carboxylic acids is 1. The molecule has 1 aromatic carbocycles. The van der Waals surface area contributed by atoms with Gasteiger partial charge in [0, 0.05) is 48.5 Å². The zero-order valence-electron chi connectivity index (χ0n) is 15.2. The quantitative estimate of drug-likeness (QED) is 0.742. The molecule has 0 unspecified atom stereocenters. The van der Waals surface area contributed by atoms with Crippen molar-refractivity contribution in [2.24, 2.45) is 7.05 Å². The van der Waals surface area contributed by atoms with Crippen LogP contribution in [0.5, 0.6) is 5.75 Å². The number of rotatable bonds is 4. The zero-order valence-corrected chi connectivity index (χ0v) is 15.2. The van der Waals surface area contributed by atoms with Gasteiger partial charge in [-0.15, -0.1) is 0 Å². The molecule has 1 aliphatic rings. The highest BCUT2D eigenvalue weighted by molar-refractivity contribution is 5.87. The number of aryl methyl sites for hydroxylation is 1. The van der Waals surface area contributed by atoms with E-state index >= 15 is 0 Å². The lowest BCUT2D eigenvalue weighted by Gasteiger charge is -2.30.